The maximum Gasteiger partial charge on any atom is 0.327 e. The van der Waals surface area contributed by atoms with E-state index in [9.17, 15) is 4.79 Å². The lowest BCUT2D eigenvalue weighted by Crippen LogP contribution is -2.29. The van der Waals surface area contributed by atoms with Gasteiger partial charge in [-0.3, -0.25) is 4.79 Å². The van der Waals surface area contributed by atoms with Gasteiger partial charge in [0.25, 0.3) is 0 Å². The molecule has 1 heterocycles. The molecule has 0 N–H and O–H groups in total. The lowest BCUT2D eigenvalue weighted by molar-refractivity contribution is -0.145. The highest BCUT2D eigenvalue weighted by atomic mass is 16.6. The van der Waals surface area contributed by atoms with E-state index in [-0.39, 0.29) is 18.0 Å². The highest BCUT2D eigenvalue weighted by Gasteiger charge is 2.67. The van der Waals surface area contributed by atoms with Gasteiger partial charge in [0.1, 0.15) is 6.10 Å². The number of fused-ring (bicyclic) bond motifs is 1. The number of hydrogen-bond acceptors (Lipinski definition) is 3. The smallest absolute Gasteiger partial charge is 0.327 e. The van der Waals surface area contributed by atoms with Crippen molar-refractivity contribution in [1.29, 1.82) is 5.26 Å². The largest absolute Gasteiger partial charge is 0.461 e. The summed E-state index contributed by atoms with van der Waals surface area (Å²) in [4.78, 5) is 11.4. The topological polar surface area (TPSA) is 50.1 Å². The van der Waals surface area contributed by atoms with Crippen LogP contribution in [0.1, 0.15) is 19.3 Å². The molecule has 2 saturated carbocycles. The molecule has 3 rings (SSSR count). The summed E-state index contributed by atoms with van der Waals surface area (Å²) in [5, 5.41) is 8.98. The van der Waals surface area contributed by atoms with Gasteiger partial charge in [0.05, 0.1) is 6.07 Å². The standard InChI is InChI=1S/C9H9NO2/c10-4-9-3-5-1-6(9)7(2-5)12-8(9)11/h5-7H,1-3H2. The van der Waals surface area contributed by atoms with E-state index in [1.165, 1.54) is 0 Å². The first-order valence-electron chi connectivity index (χ1n) is 4.38. The summed E-state index contributed by atoms with van der Waals surface area (Å²) in [7, 11) is 0. The highest BCUT2D eigenvalue weighted by molar-refractivity contribution is 5.84. The number of ether oxygens (including phenoxy) is 1. The number of carbonyl (C=O) groups is 1. The van der Waals surface area contributed by atoms with E-state index in [1.54, 1.807) is 0 Å². The Morgan fingerprint density at radius 1 is 1.58 bits per heavy atom. The summed E-state index contributed by atoms with van der Waals surface area (Å²) in [6.45, 7) is 0. The van der Waals surface area contributed by atoms with E-state index in [1.807, 2.05) is 0 Å². The summed E-state index contributed by atoms with van der Waals surface area (Å²) in [6, 6.07) is 2.18. The molecule has 2 bridgehead atoms. The van der Waals surface area contributed by atoms with Crippen LogP contribution in [-0.2, 0) is 9.53 Å². The molecule has 3 nitrogen and oxygen atoms in total. The second-order valence-corrected chi connectivity index (χ2v) is 4.17. The fourth-order valence-corrected chi connectivity index (χ4v) is 3.17. The maximum atomic E-state index is 11.4. The first-order valence-corrected chi connectivity index (χ1v) is 4.38. The first kappa shape index (κ1) is 6.47. The average Bonchev–Trinajstić information content (AvgIpc) is 2.61. The van der Waals surface area contributed by atoms with Crippen molar-refractivity contribution in [2.45, 2.75) is 25.4 Å². The Bertz CT molecular complexity index is 306. The molecule has 0 amide bonds. The summed E-state index contributed by atoms with van der Waals surface area (Å²) < 4.78 is 5.17. The SMILES string of the molecule is N#CC12CC3CC(OC1=O)C2C3. The second kappa shape index (κ2) is 1.66. The molecule has 0 radical (unpaired) electrons. The molecule has 0 aromatic rings. The van der Waals surface area contributed by atoms with E-state index in [2.05, 4.69) is 6.07 Å². The molecule has 0 spiro atoms. The van der Waals surface area contributed by atoms with Crippen LogP contribution in [0.4, 0.5) is 0 Å². The summed E-state index contributed by atoms with van der Waals surface area (Å²) >= 11 is 0. The van der Waals surface area contributed by atoms with E-state index >= 15 is 0 Å². The molecule has 12 heavy (non-hydrogen) atoms. The minimum Gasteiger partial charge on any atom is -0.461 e. The van der Waals surface area contributed by atoms with Crippen LogP contribution in [-0.4, -0.2) is 12.1 Å². The molecule has 4 unspecified atom stereocenters. The van der Waals surface area contributed by atoms with Crippen molar-refractivity contribution in [3.05, 3.63) is 0 Å². The van der Waals surface area contributed by atoms with E-state index < -0.39 is 5.41 Å². The third-order valence-electron chi connectivity index (χ3n) is 3.67. The molecular formula is C9H9NO2. The van der Waals surface area contributed by atoms with Crippen molar-refractivity contribution >= 4 is 5.97 Å². The Kier molecular flexibility index (Phi) is 0.894. The van der Waals surface area contributed by atoms with Gasteiger partial charge < -0.3 is 4.74 Å². The summed E-state index contributed by atoms with van der Waals surface area (Å²) in [5.41, 5.74) is -0.729. The third-order valence-corrected chi connectivity index (χ3v) is 3.67. The van der Waals surface area contributed by atoms with Gasteiger partial charge in [0, 0.05) is 5.92 Å². The van der Waals surface area contributed by atoms with Gasteiger partial charge in [-0.05, 0) is 25.2 Å². The molecule has 1 saturated heterocycles. The van der Waals surface area contributed by atoms with Gasteiger partial charge in [-0.15, -0.1) is 0 Å². The number of esters is 1. The van der Waals surface area contributed by atoms with Gasteiger partial charge >= 0.3 is 5.97 Å². The molecule has 3 fully saturated rings. The predicted molar refractivity (Wildman–Crippen MR) is 38.8 cm³/mol. The van der Waals surface area contributed by atoms with Crippen molar-refractivity contribution in [2.24, 2.45) is 17.3 Å². The number of hydrogen-bond donors (Lipinski definition) is 0. The molecule has 2 aliphatic carbocycles. The van der Waals surface area contributed by atoms with Crippen LogP contribution in [0.15, 0.2) is 0 Å². The fourth-order valence-electron chi connectivity index (χ4n) is 3.17. The average molecular weight is 163 g/mol. The zero-order chi connectivity index (χ0) is 8.34. The monoisotopic (exact) mass is 163 g/mol. The van der Waals surface area contributed by atoms with Crippen LogP contribution < -0.4 is 0 Å². The quantitative estimate of drug-likeness (QED) is 0.497. The molecule has 1 aliphatic heterocycles. The van der Waals surface area contributed by atoms with Crippen molar-refractivity contribution in [3.63, 3.8) is 0 Å². The molecule has 0 aromatic heterocycles. The Morgan fingerprint density at radius 3 is 3.00 bits per heavy atom. The Hall–Kier alpha value is -1.04. The summed E-state index contributed by atoms with van der Waals surface area (Å²) in [6.07, 6.45) is 2.86. The lowest BCUT2D eigenvalue weighted by atomic mass is 9.76. The molecule has 62 valence electrons. The van der Waals surface area contributed by atoms with Gasteiger partial charge in [0.15, 0.2) is 5.41 Å². The Balaban J connectivity index is 2.15. The number of carbonyl (C=O) groups excluding carboxylic acids is 1. The number of nitrogens with zero attached hydrogens (tertiary/aromatic N) is 1. The highest BCUT2D eigenvalue weighted by Crippen LogP contribution is 2.61. The van der Waals surface area contributed by atoms with Crippen LogP contribution in [0.25, 0.3) is 0 Å². The number of rotatable bonds is 0. The predicted octanol–water partition coefficient (Wildman–Crippen LogP) is 0.852. The minimum absolute atomic E-state index is 0.0795. The van der Waals surface area contributed by atoms with Gasteiger partial charge in [-0.25, -0.2) is 0 Å². The second-order valence-electron chi connectivity index (χ2n) is 4.17. The van der Waals surface area contributed by atoms with Gasteiger partial charge in [-0.2, -0.15) is 5.26 Å². The van der Waals surface area contributed by atoms with Gasteiger partial charge in [0.2, 0.25) is 0 Å². The zero-order valence-electron chi connectivity index (χ0n) is 6.62. The third kappa shape index (κ3) is 0.465. The molecule has 3 aliphatic rings. The molecule has 0 aromatic carbocycles. The van der Waals surface area contributed by atoms with Crippen LogP contribution in [0.5, 0.6) is 0 Å². The molecular weight excluding hydrogens is 154 g/mol. The number of nitriles is 1. The Labute approximate surface area is 70.3 Å². The van der Waals surface area contributed by atoms with Crippen LogP contribution in [0.3, 0.4) is 0 Å². The zero-order valence-corrected chi connectivity index (χ0v) is 6.62. The van der Waals surface area contributed by atoms with Crippen LogP contribution in [0, 0.1) is 28.6 Å². The maximum absolute atomic E-state index is 11.4. The minimum atomic E-state index is -0.729. The van der Waals surface area contributed by atoms with Gasteiger partial charge in [-0.1, -0.05) is 0 Å². The van der Waals surface area contributed by atoms with E-state index in [0.29, 0.717) is 5.92 Å². The van der Waals surface area contributed by atoms with Crippen molar-refractivity contribution in [1.82, 2.24) is 0 Å². The van der Waals surface area contributed by atoms with Crippen LogP contribution >= 0.6 is 0 Å². The fraction of sp³-hybridized carbons (Fsp3) is 0.778. The molecule has 4 atom stereocenters. The van der Waals surface area contributed by atoms with Crippen molar-refractivity contribution in [2.75, 3.05) is 0 Å². The molecule has 3 heteroatoms. The summed E-state index contributed by atoms with van der Waals surface area (Å²) in [5.74, 6) is 0.547. The van der Waals surface area contributed by atoms with E-state index in [0.717, 1.165) is 19.3 Å². The van der Waals surface area contributed by atoms with E-state index in [4.69, 9.17) is 10.00 Å². The van der Waals surface area contributed by atoms with Crippen molar-refractivity contribution < 1.29 is 9.53 Å². The first-order chi connectivity index (χ1) is 5.76. The van der Waals surface area contributed by atoms with Crippen LogP contribution in [0.2, 0.25) is 0 Å². The normalized spacial score (nSPS) is 53.9. The van der Waals surface area contributed by atoms with Crippen molar-refractivity contribution in [3.8, 4) is 6.07 Å². The lowest BCUT2D eigenvalue weighted by Gasteiger charge is -2.19. The Morgan fingerprint density at radius 2 is 2.42 bits per heavy atom.